The van der Waals surface area contributed by atoms with Crippen molar-refractivity contribution in [3.8, 4) is 23.0 Å². The molecule has 0 radical (unpaired) electrons. The van der Waals surface area contributed by atoms with Gasteiger partial charge >= 0.3 is 11.9 Å². The van der Waals surface area contributed by atoms with Gasteiger partial charge in [0.25, 0.3) is 0 Å². The van der Waals surface area contributed by atoms with Gasteiger partial charge in [0.05, 0.1) is 0 Å². The fraction of sp³-hybridized carbons (Fsp3) is 0.791. The van der Waals surface area contributed by atoms with Crippen LogP contribution in [0.4, 0.5) is 0 Å². The molecule has 2 aromatic rings. The molecule has 6 heteroatoms. The van der Waals surface area contributed by atoms with Gasteiger partial charge in [-0.3, -0.25) is 9.59 Å². The van der Waals surface area contributed by atoms with Crippen LogP contribution in [-0.4, -0.2) is 23.1 Å². The number of rotatable bonds is 34. The minimum absolute atomic E-state index is 0.165. The molecule has 416 valence electrons. The van der Waals surface area contributed by atoms with Crippen LogP contribution in [-0.2, 0) is 22.4 Å². The molecule has 4 rings (SSSR count). The lowest BCUT2D eigenvalue weighted by atomic mass is 9.83. The molecular weight excluding hydrogens is 901 g/mol. The molecule has 0 aromatic heterocycles. The van der Waals surface area contributed by atoms with Crippen LogP contribution in [0.3, 0.4) is 0 Å². The second kappa shape index (κ2) is 30.7. The molecule has 6 atom stereocenters. The molecule has 2 aliphatic rings. The van der Waals surface area contributed by atoms with Crippen LogP contribution in [0.25, 0.3) is 0 Å². The molecule has 2 heterocycles. The summed E-state index contributed by atoms with van der Waals surface area (Å²) in [5.41, 5.74) is 8.36. The standard InChI is InChI=1S/C67H112O6/c1-46(2)28-22-30-48(5)32-24-34-50(7)36-26-42-66(15)44-40-58-56(13)62(52(9)54(11)64(58)72-66)70-60(68)38-20-18-17-19-21-39-61(69)71-63-53(10)55(12)65-59(57(63)14)41-45-67(16,73-65)43-27-37-51(8)35-25-33-49(6)31-23-29-47(3)4/h46-51H,17-45H2,1-16H3. The first-order valence-corrected chi connectivity index (χ1v) is 30.6. The molecular formula is C67H112O6. The van der Waals surface area contributed by atoms with Gasteiger partial charge in [0.2, 0.25) is 0 Å². The Balaban J connectivity index is 1.13. The van der Waals surface area contributed by atoms with Crippen molar-refractivity contribution >= 4 is 11.9 Å². The highest BCUT2D eigenvalue weighted by Crippen LogP contribution is 2.47. The minimum atomic E-state index is -0.171. The van der Waals surface area contributed by atoms with Crippen molar-refractivity contribution in [2.75, 3.05) is 0 Å². The van der Waals surface area contributed by atoms with E-state index in [4.69, 9.17) is 18.9 Å². The fourth-order valence-electron chi connectivity index (χ4n) is 12.2. The normalized spacial score (nSPS) is 19.2. The zero-order chi connectivity index (χ0) is 53.9. The number of ether oxygens (including phenoxy) is 4. The monoisotopic (exact) mass is 1010 g/mol. The topological polar surface area (TPSA) is 71.1 Å². The van der Waals surface area contributed by atoms with E-state index in [0.29, 0.717) is 12.8 Å². The minimum Gasteiger partial charge on any atom is -0.487 e. The van der Waals surface area contributed by atoms with Crippen LogP contribution in [0.2, 0.25) is 0 Å². The molecule has 0 saturated carbocycles. The Morgan fingerprint density at radius 2 is 0.712 bits per heavy atom. The Kier molecular flexibility index (Phi) is 26.3. The van der Waals surface area contributed by atoms with Gasteiger partial charge in [-0.2, -0.15) is 0 Å². The molecule has 0 saturated heterocycles. The third kappa shape index (κ3) is 20.5. The van der Waals surface area contributed by atoms with E-state index in [2.05, 4.69) is 111 Å². The average Bonchev–Trinajstić information content (AvgIpc) is 3.32. The van der Waals surface area contributed by atoms with E-state index in [1.54, 1.807) is 0 Å². The number of hydrogen-bond acceptors (Lipinski definition) is 6. The summed E-state index contributed by atoms with van der Waals surface area (Å²) in [5, 5.41) is 0. The molecule has 0 amide bonds. The third-order valence-corrected chi connectivity index (χ3v) is 17.9. The Morgan fingerprint density at radius 3 is 1.04 bits per heavy atom. The van der Waals surface area contributed by atoms with Gasteiger partial charge in [-0.1, -0.05) is 165 Å². The highest BCUT2D eigenvalue weighted by Gasteiger charge is 2.36. The van der Waals surface area contributed by atoms with Crippen LogP contribution in [0.15, 0.2) is 0 Å². The Bertz CT molecular complexity index is 1870. The van der Waals surface area contributed by atoms with E-state index in [9.17, 15) is 9.59 Å². The highest BCUT2D eigenvalue weighted by atomic mass is 16.5. The number of esters is 2. The van der Waals surface area contributed by atoms with E-state index < -0.39 is 0 Å². The zero-order valence-electron chi connectivity index (χ0n) is 50.4. The summed E-state index contributed by atoms with van der Waals surface area (Å²) in [7, 11) is 0. The van der Waals surface area contributed by atoms with Crippen molar-refractivity contribution in [1.82, 2.24) is 0 Å². The van der Waals surface area contributed by atoms with Crippen LogP contribution >= 0.6 is 0 Å². The summed E-state index contributed by atoms with van der Waals surface area (Å²) in [6.07, 6.45) is 32.4. The summed E-state index contributed by atoms with van der Waals surface area (Å²) >= 11 is 0. The first kappa shape index (κ1) is 62.5. The van der Waals surface area contributed by atoms with Gasteiger partial charge in [0, 0.05) is 24.0 Å². The van der Waals surface area contributed by atoms with E-state index in [1.165, 1.54) is 114 Å². The highest BCUT2D eigenvalue weighted by molar-refractivity contribution is 5.75. The van der Waals surface area contributed by atoms with Gasteiger partial charge in [-0.05, 0) is 188 Å². The molecule has 0 fully saturated rings. The van der Waals surface area contributed by atoms with E-state index >= 15 is 0 Å². The summed E-state index contributed by atoms with van der Waals surface area (Å²) in [5.74, 6) is 7.96. The quantitative estimate of drug-likeness (QED) is 0.0395. The summed E-state index contributed by atoms with van der Waals surface area (Å²) in [6, 6.07) is 0. The molecule has 0 aliphatic carbocycles. The Labute approximate surface area is 449 Å². The third-order valence-electron chi connectivity index (χ3n) is 17.9. The molecule has 0 bridgehead atoms. The summed E-state index contributed by atoms with van der Waals surface area (Å²) in [4.78, 5) is 26.4. The largest absolute Gasteiger partial charge is 0.487 e. The van der Waals surface area contributed by atoms with E-state index in [1.807, 2.05) is 0 Å². The number of carbonyl (C=O) groups excluding carboxylic acids is 2. The average molecular weight is 1010 g/mol. The van der Waals surface area contributed by atoms with Crippen molar-refractivity contribution in [1.29, 1.82) is 0 Å². The van der Waals surface area contributed by atoms with E-state index in [0.717, 1.165) is 163 Å². The van der Waals surface area contributed by atoms with E-state index in [-0.39, 0.29) is 23.1 Å². The molecule has 2 aromatic carbocycles. The lowest BCUT2D eigenvalue weighted by Crippen LogP contribution is -2.37. The maximum atomic E-state index is 13.2. The number of hydrogen-bond donors (Lipinski definition) is 0. The van der Waals surface area contributed by atoms with Crippen molar-refractivity contribution in [3.05, 3.63) is 44.5 Å². The predicted octanol–water partition coefficient (Wildman–Crippen LogP) is 19.8. The van der Waals surface area contributed by atoms with Crippen molar-refractivity contribution in [3.63, 3.8) is 0 Å². The maximum absolute atomic E-state index is 13.2. The van der Waals surface area contributed by atoms with Gasteiger partial charge in [-0.15, -0.1) is 0 Å². The van der Waals surface area contributed by atoms with Gasteiger partial charge in [-0.25, -0.2) is 0 Å². The van der Waals surface area contributed by atoms with Crippen LogP contribution in [0, 0.1) is 77.0 Å². The first-order chi connectivity index (χ1) is 34.5. The second-order valence-electron chi connectivity index (χ2n) is 26.1. The van der Waals surface area contributed by atoms with Crippen LogP contribution in [0.5, 0.6) is 23.0 Å². The summed E-state index contributed by atoms with van der Waals surface area (Å²) in [6.45, 7) is 36.3. The molecule has 2 aliphatic heterocycles. The van der Waals surface area contributed by atoms with Crippen molar-refractivity contribution in [2.45, 2.75) is 308 Å². The van der Waals surface area contributed by atoms with Crippen molar-refractivity contribution < 1.29 is 28.5 Å². The second-order valence-corrected chi connectivity index (χ2v) is 26.1. The SMILES string of the molecule is Cc1c(C)c2c(c(C)c1OC(=O)CCCCCCCC(=O)Oc1c(C)c(C)c3c(c1C)CCC(C)(CCCC(C)CCCC(C)CCCC(C)C)O3)CCC(C)(CCCC(C)CCCC(C)CCCC(C)C)O2. The molecule has 0 spiro atoms. The Morgan fingerprint density at radius 1 is 0.411 bits per heavy atom. The summed E-state index contributed by atoms with van der Waals surface area (Å²) < 4.78 is 26.0. The lowest BCUT2D eigenvalue weighted by Gasteiger charge is -2.38. The molecule has 6 nitrogen and oxygen atoms in total. The number of benzene rings is 2. The molecule has 73 heavy (non-hydrogen) atoms. The number of carbonyl (C=O) groups is 2. The van der Waals surface area contributed by atoms with Crippen molar-refractivity contribution in [2.24, 2.45) is 35.5 Å². The predicted molar refractivity (Wildman–Crippen MR) is 309 cm³/mol. The van der Waals surface area contributed by atoms with Gasteiger partial charge in [0.1, 0.15) is 34.2 Å². The zero-order valence-corrected chi connectivity index (χ0v) is 50.4. The maximum Gasteiger partial charge on any atom is 0.311 e. The van der Waals surface area contributed by atoms with Gasteiger partial charge in [0.15, 0.2) is 0 Å². The Hall–Kier alpha value is -3.02. The van der Waals surface area contributed by atoms with Crippen LogP contribution in [0.1, 0.15) is 287 Å². The van der Waals surface area contributed by atoms with Crippen LogP contribution < -0.4 is 18.9 Å². The molecule has 6 unspecified atom stereocenters. The first-order valence-electron chi connectivity index (χ1n) is 30.6. The number of unbranched alkanes of at least 4 members (excludes halogenated alkanes) is 4. The number of fused-ring (bicyclic) bond motifs is 2. The molecule has 0 N–H and O–H groups in total. The fourth-order valence-corrected chi connectivity index (χ4v) is 12.2. The lowest BCUT2D eigenvalue weighted by molar-refractivity contribution is -0.135. The smallest absolute Gasteiger partial charge is 0.311 e. The van der Waals surface area contributed by atoms with Gasteiger partial charge < -0.3 is 18.9 Å².